The summed E-state index contributed by atoms with van der Waals surface area (Å²) in [7, 11) is 0. The van der Waals surface area contributed by atoms with Crippen LogP contribution in [0.15, 0.2) is 18.3 Å². The Kier molecular flexibility index (Phi) is 4.67. The molecular weight excluding hydrogens is 212 g/mol. The lowest BCUT2D eigenvalue weighted by Crippen LogP contribution is -2.27. The number of carbonyl (C=O) groups is 1. The number of hydrogen-bond acceptors (Lipinski definition) is 2. The summed E-state index contributed by atoms with van der Waals surface area (Å²) in [5.74, 6) is 0.0945. The number of pyridine rings is 1. The van der Waals surface area contributed by atoms with Gasteiger partial charge in [-0.25, -0.2) is 0 Å². The largest absolute Gasteiger partial charge is 0.352 e. The molecule has 0 saturated heterocycles. The molecule has 0 spiro atoms. The first-order chi connectivity index (χ1) is 7.90. The molecule has 0 radical (unpaired) electrons. The normalized spacial score (nSPS) is 11.3. The van der Waals surface area contributed by atoms with E-state index in [0.29, 0.717) is 13.0 Å². The van der Waals surface area contributed by atoms with Gasteiger partial charge in [0.25, 0.3) is 0 Å². The van der Waals surface area contributed by atoms with Crippen LogP contribution in [0.3, 0.4) is 0 Å². The molecule has 0 unspecified atom stereocenters. The fraction of sp³-hybridized carbons (Fsp3) is 0.571. The van der Waals surface area contributed by atoms with Crippen molar-refractivity contribution in [3.05, 3.63) is 29.6 Å². The molecule has 17 heavy (non-hydrogen) atoms. The van der Waals surface area contributed by atoms with Crippen LogP contribution in [0, 0.1) is 5.41 Å². The molecule has 0 fully saturated rings. The van der Waals surface area contributed by atoms with Crippen molar-refractivity contribution >= 4 is 5.91 Å². The van der Waals surface area contributed by atoms with Gasteiger partial charge in [-0.2, -0.15) is 0 Å². The van der Waals surface area contributed by atoms with Gasteiger partial charge >= 0.3 is 0 Å². The molecule has 94 valence electrons. The third kappa shape index (κ3) is 5.48. The van der Waals surface area contributed by atoms with Gasteiger partial charge in [-0.05, 0) is 23.5 Å². The monoisotopic (exact) mass is 234 g/mol. The third-order valence-electron chi connectivity index (χ3n) is 2.43. The van der Waals surface area contributed by atoms with Crippen molar-refractivity contribution in [3.63, 3.8) is 0 Å². The fourth-order valence-corrected chi connectivity index (χ4v) is 1.51. The van der Waals surface area contributed by atoms with Crippen molar-refractivity contribution < 1.29 is 4.79 Å². The summed E-state index contributed by atoms with van der Waals surface area (Å²) in [5, 5.41) is 2.91. The standard InChI is InChI=1S/C14H22N2O/c1-5-12-7-6-11(9-15-12)10-16-13(17)8-14(2,3)4/h6-7,9H,5,8,10H2,1-4H3,(H,16,17). The molecule has 0 aliphatic heterocycles. The quantitative estimate of drug-likeness (QED) is 0.870. The Bertz CT molecular complexity index is 363. The summed E-state index contributed by atoms with van der Waals surface area (Å²) in [4.78, 5) is 15.9. The van der Waals surface area contributed by atoms with Crippen LogP contribution < -0.4 is 5.32 Å². The van der Waals surface area contributed by atoms with Gasteiger partial charge < -0.3 is 5.32 Å². The van der Waals surface area contributed by atoms with Gasteiger partial charge in [0.2, 0.25) is 5.91 Å². The summed E-state index contributed by atoms with van der Waals surface area (Å²) in [6.45, 7) is 8.82. The summed E-state index contributed by atoms with van der Waals surface area (Å²) in [6, 6.07) is 4.02. The molecule has 3 heteroatoms. The van der Waals surface area contributed by atoms with E-state index in [9.17, 15) is 4.79 Å². The maximum atomic E-state index is 11.6. The van der Waals surface area contributed by atoms with Gasteiger partial charge in [0.05, 0.1) is 0 Å². The molecule has 0 atom stereocenters. The highest BCUT2D eigenvalue weighted by Gasteiger charge is 2.15. The van der Waals surface area contributed by atoms with Crippen molar-refractivity contribution in [3.8, 4) is 0 Å². The van der Waals surface area contributed by atoms with Gasteiger partial charge in [-0.15, -0.1) is 0 Å². The van der Waals surface area contributed by atoms with Crippen molar-refractivity contribution in [2.45, 2.75) is 47.1 Å². The highest BCUT2D eigenvalue weighted by Crippen LogP contribution is 2.17. The van der Waals surface area contributed by atoms with Crippen molar-refractivity contribution in [2.75, 3.05) is 0 Å². The van der Waals surface area contributed by atoms with E-state index in [1.165, 1.54) is 0 Å². The zero-order chi connectivity index (χ0) is 12.9. The predicted molar refractivity (Wildman–Crippen MR) is 69.5 cm³/mol. The van der Waals surface area contributed by atoms with E-state index in [0.717, 1.165) is 17.7 Å². The Morgan fingerprint density at radius 1 is 1.35 bits per heavy atom. The minimum Gasteiger partial charge on any atom is -0.352 e. The molecule has 1 amide bonds. The van der Waals surface area contributed by atoms with Crippen LogP contribution in [0.2, 0.25) is 0 Å². The number of hydrogen-bond donors (Lipinski definition) is 1. The number of amides is 1. The lowest BCUT2D eigenvalue weighted by Gasteiger charge is -2.17. The minimum atomic E-state index is 0.0361. The fourth-order valence-electron chi connectivity index (χ4n) is 1.51. The summed E-state index contributed by atoms with van der Waals surface area (Å²) in [5.41, 5.74) is 2.16. The molecule has 0 aliphatic rings. The Hall–Kier alpha value is -1.38. The summed E-state index contributed by atoms with van der Waals surface area (Å²) >= 11 is 0. The highest BCUT2D eigenvalue weighted by molar-refractivity contribution is 5.76. The molecule has 3 nitrogen and oxygen atoms in total. The Balaban J connectivity index is 2.42. The number of aryl methyl sites for hydroxylation is 1. The Morgan fingerprint density at radius 2 is 2.06 bits per heavy atom. The maximum Gasteiger partial charge on any atom is 0.220 e. The molecule has 0 aliphatic carbocycles. The van der Waals surface area contributed by atoms with Gasteiger partial charge in [0.1, 0.15) is 0 Å². The van der Waals surface area contributed by atoms with Crippen molar-refractivity contribution in [1.82, 2.24) is 10.3 Å². The summed E-state index contributed by atoms with van der Waals surface area (Å²) in [6.07, 6.45) is 3.32. The van der Waals surface area contributed by atoms with Gasteiger partial charge in [0, 0.05) is 24.9 Å². The first-order valence-electron chi connectivity index (χ1n) is 6.11. The van der Waals surface area contributed by atoms with Crippen LogP contribution >= 0.6 is 0 Å². The van der Waals surface area contributed by atoms with Crippen molar-refractivity contribution in [2.24, 2.45) is 5.41 Å². The Morgan fingerprint density at radius 3 is 2.53 bits per heavy atom. The minimum absolute atomic E-state index is 0.0361. The van der Waals surface area contributed by atoms with E-state index in [1.807, 2.05) is 18.3 Å². The lowest BCUT2D eigenvalue weighted by molar-refractivity contribution is -0.122. The van der Waals surface area contributed by atoms with Gasteiger partial charge in [-0.1, -0.05) is 33.8 Å². The SMILES string of the molecule is CCc1ccc(CNC(=O)CC(C)(C)C)cn1. The van der Waals surface area contributed by atoms with Crippen molar-refractivity contribution in [1.29, 1.82) is 0 Å². The van der Waals surface area contributed by atoms with Crippen LogP contribution in [0.4, 0.5) is 0 Å². The van der Waals surface area contributed by atoms with Crippen LogP contribution in [0.5, 0.6) is 0 Å². The lowest BCUT2D eigenvalue weighted by atomic mass is 9.92. The van der Waals surface area contributed by atoms with E-state index in [-0.39, 0.29) is 11.3 Å². The van der Waals surface area contributed by atoms with E-state index in [4.69, 9.17) is 0 Å². The molecular formula is C14H22N2O. The highest BCUT2D eigenvalue weighted by atomic mass is 16.1. The van der Waals surface area contributed by atoms with E-state index in [2.05, 4.69) is 38.0 Å². The van der Waals surface area contributed by atoms with E-state index >= 15 is 0 Å². The second-order valence-electron chi connectivity index (χ2n) is 5.53. The first-order valence-corrected chi connectivity index (χ1v) is 6.11. The predicted octanol–water partition coefficient (Wildman–Crippen LogP) is 2.70. The smallest absolute Gasteiger partial charge is 0.220 e. The first kappa shape index (κ1) is 13.7. The second-order valence-corrected chi connectivity index (χ2v) is 5.53. The molecule has 1 N–H and O–H groups in total. The van der Waals surface area contributed by atoms with Crippen LogP contribution in [-0.2, 0) is 17.8 Å². The number of aromatic nitrogens is 1. The van der Waals surface area contributed by atoms with Crippen LogP contribution in [0.1, 0.15) is 45.4 Å². The third-order valence-corrected chi connectivity index (χ3v) is 2.43. The molecule has 1 aromatic rings. The van der Waals surface area contributed by atoms with E-state index in [1.54, 1.807) is 0 Å². The average Bonchev–Trinajstić information content (AvgIpc) is 2.25. The number of nitrogens with one attached hydrogen (secondary N) is 1. The maximum absolute atomic E-state index is 11.6. The zero-order valence-corrected chi connectivity index (χ0v) is 11.2. The van der Waals surface area contributed by atoms with Gasteiger partial charge in [-0.3, -0.25) is 9.78 Å². The molecule has 1 rings (SSSR count). The van der Waals surface area contributed by atoms with Crippen LogP contribution in [-0.4, -0.2) is 10.9 Å². The molecule has 1 heterocycles. The molecule has 0 saturated carbocycles. The average molecular weight is 234 g/mol. The molecule has 1 aromatic heterocycles. The number of rotatable bonds is 4. The van der Waals surface area contributed by atoms with E-state index < -0.39 is 0 Å². The molecule has 0 aromatic carbocycles. The summed E-state index contributed by atoms with van der Waals surface area (Å²) < 4.78 is 0. The zero-order valence-electron chi connectivity index (χ0n) is 11.2. The topological polar surface area (TPSA) is 42.0 Å². The molecule has 0 bridgehead atoms. The van der Waals surface area contributed by atoms with Gasteiger partial charge in [0.15, 0.2) is 0 Å². The number of nitrogens with zero attached hydrogens (tertiary/aromatic N) is 1. The van der Waals surface area contributed by atoms with Crippen LogP contribution in [0.25, 0.3) is 0 Å². The second kappa shape index (κ2) is 5.80. The Labute approximate surface area is 104 Å². The number of carbonyl (C=O) groups excluding carboxylic acids is 1.